The molecule has 3 rings (SSSR count). The molecular weight excluding hydrogens is 284 g/mol. The maximum Gasteiger partial charge on any atom is 0.341 e. The van der Waals surface area contributed by atoms with Gasteiger partial charge < -0.3 is 10.1 Å². The Labute approximate surface area is 126 Å². The van der Waals surface area contributed by atoms with E-state index >= 15 is 0 Å². The fourth-order valence-corrected chi connectivity index (χ4v) is 3.18. The summed E-state index contributed by atoms with van der Waals surface area (Å²) in [6.45, 7) is 2.16. The molecule has 4 nitrogen and oxygen atoms in total. The predicted molar refractivity (Wildman–Crippen MR) is 85.3 cm³/mol. The first-order chi connectivity index (χ1) is 10.3. The smallest absolute Gasteiger partial charge is 0.341 e. The Hall–Kier alpha value is -2.40. The molecule has 0 radical (unpaired) electrons. The quantitative estimate of drug-likeness (QED) is 0.733. The van der Waals surface area contributed by atoms with Gasteiger partial charge in [-0.25, -0.2) is 4.79 Å². The fraction of sp³-hybridized carbons (Fsp3) is 0.125. The molecule has 3 aromatic rings. The van der Waals surface area contributed by atoms with Crippen molar-refractivity contribution in [1.29, 1.82) is 0 Å². The summed E-state index contributed by atoms with van der Waals surface area (Å²) in [5.74, 6) is -0.312. The maximum atomic E-state index is 12.3. The molecule has 0 fully saturated rings. The third-order valence-electron chi connectivity index (χ3n) is 3.00. The van der Waals surface area contributed by atoms with Gasteiger partial charge in [0.05, 0.1) is 11.3 Å². The highest BCUT2D eigenvalue weighted by Crippen LogP contribution is 2.37. The zero-order valence-corrected chi connectivity index (χ0v) is 12.3. The molecule has 21 heavy (non-hydrogen) atoms. The van der Waals surface area contributed by atoms with Crippen LogP contribution in [0.4, 0.5) is 10.7 Å². The molecule has 0 spiro atoms. The normalized spacial score (nSPS) is 10.5. The standard InChI is InChI=1S/C16H14N2O2S/c1-2-20-16(19)14-12-8-9-17-10-13(12)21-15(14)18-11-6-4-3-5-7-11/h3-10,18H,2H2,1H3. The minimum absolute atomic E-state index is 0.312. The van der Waals surface area contributed by atoms with Crippen LogP contribution in [0.2, 0.25) is 0 Å². The maximum absolute atomic E-state index is 12.3. The van der Waals surface area contributed by atoms with E-state index in [2.05, 4.69) is 10.3 Å². The SMILES string of the molecule is CCOC(=O)c1c(Nc2ccccc2)sc2cnccc12. The Balaban J connectivity index is 2.08. The summed E-state index contributed by atoms with van der Waals surface area (Å²) in [4.78, 5) is 16.4. The van der Waals surface area contributed by atoms with Crippen molar-refractivity contribution in [2.24, 2.45) is 0 Å². The lowest BCUT2D eigenvalue weighted by Gasteiger charge is -2.07. The highest BCUT2D eigenvalue weighted by molar-refractivity contribution is 7.23. The second-order valence-corrected chi connectivity index (χ2v) is 5.44. The number of rotatable bonds is 4. The van der Waals surface area contributed by atoms with Gasteiger partial charge in [-0.15, -0.1) is 11.3 Å². The van der Waals surface area contributed by atoms with Gasteiger partial charge in [-0.2, -0.15) is 0 Å². The molecule has 0 aliphatic carbocycles. The molecule has 0 saturated carbocycles. The monoisotopic (exact) mass is 298 g/mol. The van der Waals surface area contributed by atoms with Crippen LogP contribution in [0.1, 0.15) is 17.3 Å². The number of benzene rings is 1. The van der Waals surface area contributed by atoms with Gasteiger partial charge in [0.2, 0.25) is 0 Å². The number of hydrogen-bond acceptors (Lipinski definition) is 5. The van der Waals surface area contributed by atoms with Crippen molar-refractivity contribution in [2.45, 2.75) is 6.92 Å². The molecule has 0 bridgehead atoms. The van der Waals surface area contributed by atoms with Gasteiger partial charge in [0, 0.05) is 23.5 Å². The van der Waals surface area contributed by atoms with E-state index in [0.29, 0.717) is 12.2 Å². The Morgan fingerprint density at radius 2 is 2.10 bits per heavy atom. The largest absolute Gasteiger partial charge is 0.462 e. The average Bonchev–Trinajstić information content (AvgIpc) is 2.86. The minimum Gasteiger partial charge on any atom is -0.462 e. The highest BCUT2D eigenvalue weighted by atomic mass is 32.1. The van der Waals surface area contributed by atoms with E-state index in [1.54, 1.807) is 19.3 Å². The van der Waals surface area contributed by atoms with E-state index in [0.717, 1.165) is 20.8 Å². The zero-order valence-electron chi connectivity index (χ0n) is 11.5. The average molecular weight is 298 g/mol. The molecular formula is C16H14N2O2S. The van der Waals surface area contributed by atoms with Crippen LogP contribution in [0.25, 0.3) is 10.1 Å². The van der Waals surface area contributed by atoms with Crippen molar-refractivity contribution < 1.29 is 9.53 Å². The molecule has 0 unspecified atom stereocenters. The van der Waals surface area contributed by atoms with Crippen molar-refractivity contribution in [1.82, 2.24) is 4.98 Å². The van der Waals surface area contributed by atoms with E-state index in [1.807, 2.05) is 36.4 Å². The molecule has 1 N–H and O–H groups in total. The number of pyridine rings is 1. The fourth-order valence-electron chi connectivity index (χ4n) is 2.10. The second kappa shape index (κ2) is 5.93. The number of carbonyl (C=O) groups excluding carboxylic acids is 1. The van der Waals surface area contributed by atoms with Crippen molar-refractivity contribution in [3.05, 3.63) is 54.4 Å². The van der Waals surface area contributed by atoms with Crippen LogP contribution in [0.15, 0.2) is 48.8 Å². The number of esters is 1. The molecule has 1 aromatic carbocycles. The Morgan fingerprint density at radius 3 is 2.86 bits per heavy atom. The van der Waals surface area contributed by atoms with Crippen molar-refractivity contribution in [2.75, 3.05) is 11.9 Å². The highest BCUT2D eigenvalue weighted by Gasteiger charge is 2.20. The van der Waals surface area contributed by atoms with Gasteiger partial charge in [-0.05, 0) is 25.1 Å². The van der Waals surface area contributed by atoms with Gasteiger partial charge in [-0.3, -0.25) is 4.98 Å². The van der Waals surface area contributed by atoms with Crippen molar-refractivity contribution in [3.8, 4) is 0 Å². The number of para-hydroxylation sites is 1. The molecule has 0 aliphatic rings. The summed E-state index contributed by atoms with van der Waals surface area (Å²) >= 11 is 1.50. The number of fused-ring (bicyclic) bond motifs is 1. The molecule has 106 valence electrons. The Morgan fingerprint density at radius 1 is 1.29 bits per heavy atom. The first-order valence-corrected chi connectivity index (χ1v) is 7.47. The number of carbonyl (C=O) groups is 1. The number of thiophene rings is 1. The van der Waals surface area contributed by atoms with Gasteiger partial charge in [0.25, 0.3) is 0 Å². The van der Waals surface area contributed by atoms with E-state index in [4.69, 9.17) is 4.74 Å². The van der Waals surface area contributed by atoms with Gasteiger partial charge >= 0.3 is 5.97 Å². The Bertz CT molecular complexity index is 768. The number of aromatic nitrogens is 1. The molecule has 0 amide bonds. The van der Waals surface area contributed by atoms with E-state index in [9.17, 15) is 4.79 Å². The van der Waals surface area contributed by atoms with Gasteiger partial charge in [0.1, 0.15) is 10.6 Å². The zero-order chi connectivity index (χ0) is 14.7. The van der Waals surface area contributed by atoms with Crippen molar-refractivity contribution >= 4 is 38.1 Å². The molecule has 5 heteroatoms. The third-order valence-corrected chi connectivity index (χ3v) is 4.06. The molecule has 2 aromatic heterocycles. The lowest BCUT2D eigenvalue weighted by Crippen LogP contribution is -2.06. The predicted octanol–water partition coefficient (Wildman–Crippen LogP) is 4.22. The van der Waals surface area contributed by atoms with E-state index < -0.39 is 0 Å². The first kappa shape index (κ1) is 13.6. The number of nitrogens with one attached hydrogen (secondary N) is 1. The number of ether oxygens (including phenoxy) is 1. The van der Waals surface area contributed by atoms with Gasteiger partial charge in [0.15, 0.2) is 0 Å². The third kappa shape index (κ3) is 2.73. The number of nitrogens with zero attached hydrogens (tertiary/aromatic N) is 1. The lowest BCUT2D eigenvalue weighted by atomic mass is 10.2. The van der Waals surface area contributed by atoms with E-state index in [1.165, 1.54) is 11.3 Å². The number of hydrogen-bond donors (Lipinski definition) is 1. The lowest BCUT2D eigenvalue weighted by molar-refractivity contribution is 0.0530. The van der Waals surface area contributed by atoms with Crippen LogP contribution in [-0.2, 0) is 4.74 Å². The first-order valence-electron chi connectivity index (χ1n) is 6.65. The summed E-state index contributed by atoms with van der Waals surface area (Å²) in [5.41, 5.74) is 1.51. The molecule has 2 heterocycles. The Kier molecular flexibility index (Phi) is 3.83. The van der Waals surface area contributed by atoms with Crippen LogP contribution < -0.4 is 5.32 Å². The molecule has 0 aliphatic heterocycles. The van der Waals surface area contributed by atoms with Gasteiger partial charge in [-0.1, -0.05) is 18.2 Å². The van der Waals surface area contributed by atoms with Crippen LogP contribution >= 0.6 is 11.3 Å². The second-order valence-electron chi connectivity index (χ2n) is 4.39. The summed E-state index contributed by atoms with van der Waals surface area (Å²) < 4.78 is 6.14. The molecule has 0 atom stereocenters. The minimum atomic E-state index is -0.312. The number of anilines is 2. The summed E-state index contributed by atoms with van der Waals surface area (Å²) in [5, 5.41) is 4.94. The van der Waals surface area contributed by atoms with Crippen LogP contribution in [-0.4, -0.2) is 17.6 Å². The van der Waals surface area contributed by atoms with E-state index in [-0.39, 0.29) is 5.97 Å². The van der Waals surface area contributed by atoms with Crippen LogP contribution in [0, 0.1) is 0 Å². The van der Waals surface area contributed by atoms with Crippen LogP contribution in [0.3, 0.4) is 0 Å². The topological polar surface area (TPSA) is 51.2 Å². The summed E-state index contributed by atoms with van der Waals surface area (Å²) in [7, 11) is 0. The summed E-state index contributed by atoms with van der Waals surface area (Å²) in [6, 6.07) is 11.6. The van der Waals surface area contributed by atoms with Crippen molar-refractivity contribution in [3.63, 3.8) is 0 Å². The summed E-state index contributed by atoms with van der Waals surface area (Å²) in [6.07, 6.45) is 3.45. The molecule has 0 saturated heterocycles. The van der Waals surface area contributed by atoms with Crippen LogP contribution in [0.5, 0.6) is 0 Å².